The largest absolute Gasteiger partial charge is 0.481 e. The highest BCUT2D eigenvalue weighted by Gasteiger charge is 2.14. The Bertz CT molecular complexity index is 1350. The van der Waals surface area contributed by atoms with Crippen molar-refractivity contribution >= 4 is 28.9 Å². The van der Waals surface area contributed by atoms with E-state index in [1.807, 2.05) is 0 Å². The Morgan fingerprint density at radius 2 is 1.58 bits per heavy atom. The Labute approximate surface area is 212 Å². The average molecular weight is 509 g/mol. The SMILES string of the molecule is COc1cc(OC)nc(Oc2cccc(F)c2CNc2ccc(NC(=O)c3ccccc3Cl)cc2)n1. The minimum absolute atomic E-state index is 0.0448. The number of rotatable bonds is 9. The van der Waals surface area contributed by atoms with Crippen LogP contribution in [0.15, 0.2) is 72.8 Å². The Balaban J connectivity index is 1.45. The highest BCUT2D eigenvalue weighted by Crippen LogP contribution is 2.29. The number of hydrogen-bond acceptors (Lipinski definition) is 7. The number of benzene rings is 3. The normalized spacial score (nSPS) is 10.4. The van der Waals surface area contributed by atoms with Crippen LogP contribution in [-0.4, -0.2) is 30.1 Å². The van der Waals surface area contributed by atoms with Crippen LogP contribution in [0.4, 0.5) is 15.8 Å². The van der Waals surface area contributed by atoms with Crippen LogP contribution in [0.5, 0.6) is 23.5 Å². The van der Waals surface area contributed by atoms with E-state index in [-0.39, 0.29) is 41.5 Å². The van der Waals surface area contributed by atoms with E-state index in [1.54, 1.807) is 54.6 Å². The van der Waals surface area contributed by atoms with Gasteiger partial charge in [-0.25, -0.2) is 4.39 Å². The van der Waals surface area contributed by atoms with Crippen molar-refractivity contribution in [2.75, 3.05) is 24.9 Å². The number of nitrogens with zero attached hydrogens (tertiary/aromatic N) is 2. The molecule has 0 aliphatic rings. The Morgan fingerprint density at radius 1 is 0.917 bits per heavy atom. The van der Waals surface area contributed by atoms with Gasteiger partial charge >= 0.3 is 6.01 Å². The molecule has 0 unspecified atom stereocenters. The molecule has 184 valence electrons. The molecule has 0 spiro atoms. The highest BCUT2D eigenvalue weighted by molar-refractivity contribution is 6.34. The summed E-state index contributed by atoms with van der Waals surface area (Å²) in [6.45, 7) is 0.119. The second-order valence-electron chi connectivity index (χ2n) is 7.42. The number of aromatic nitrogens is 2. The van der Waals surface area contributed by atoms with E-state index >= 15 is 0 Å². The Kier molecular flexibility index (Phi) is 7.82. The lowest BCUT2D eigenvalue weighted by atomic mass is 10.1. The quantitative estimate of drug-likeness (QED) is 0.289. The topological polar surface area (TPSA) is 94.6 Å². The summed E-state index contributed by atoms with van der Waals surface area (Å²) in [7, 11) is 2.91. The molecule has 0 saturated heterocycles. The first-order valence-electron chi connectivity index (χ1n) is 10.8. The number of carbonyl (C=O) groups is 1. The molecule has 2 N–H and O–H groups in total. The Morgan fingerprint density at radius 3 is 2.25 bits per heavy atom. The van der Waals surface area contributed by atoms with Crippen molar-refractivity contribution in [2.45, 2.75) is 6.54 Å². The van der Waals surface area contributed by atoms with Gasteiger partial charge in [0.15, 0.2) is 0 Å². The van der Waals surface area contributed by atoms with E-state index in [4.69, 9.17) is 25.8 Å². The number of halogens is 2. The molecule has 1 aromatic heterocycles. The molecule has 0 aliphatic carbocycles. The summed E-state index contributed by atoms with van der Waals surface area (Å²) in [4.78, 5) is 20.7. The zero-order chi connectivity index (χ0) is 25.5. The van der Waals surface area contributed by atoms with Gasteiger partial charge in [0.25, 0.3) is 5.91 Å². The van der Waals surface area contributed by atoms with Crippen molar-refractivity contribution in [1.82, 2.24) is 9.97 Å². The van der Waals surface area contributed by atoms with E-state index in [1.165, 1.54) is 32.4 Å². The maximum Gasteiger partial charge on any atom is 0.328 e. The lowest BCUT2D eigenvalue weighted by Crippen LogP contribution is -2.12. The summed E-state index contributed by atoms with van der Waals surface area (Å²) in [5.74, 6) is -0.0462. The molecule has 3 aromatic carbocycles. The molecule has 10 heteroatoms. The van der Waals surface area contributed by atoms with Gasteiger partial charge in [0, 0.05) is 23.5 Å². The van der Waals surface area contributed by atoms with Crippen LogP contribution in [-0.2, 0) is 6.54 Å². The summed E-state index contributed by atoms with van der Waals surface area (Å²) in [6.07, 6.45) is 0. The summed E-state index contributed by atoms with van der Waals surface area (Å²) < 4.78 is 30.7. The van der Waals surface area contributed by atoms with E-state index in [0.29, 0.717) is 22.0 Å². The van der Waals surface area contributed by atoms with Gasteiger partial charge in [0.05, 0.1) is 30.9 Å². The molecule has 0 fully saturated rings. The van der Waals surface area contributed by atoms with Crippen LogP contribution in [0.25, 0.3) is 0 Å². The minimum atomic E-state index is -0.460. The van der Waals surface area contributed by atoms with Crippen LogP contribution in [0, 0.1) is 5.82 Å². The van der Waals surface area contributed by atoms with E-state index in [9.17, 15) is 9.18 Å². The third-order valence-corrected chi connectivity index (χ3v) is 5.41. The van der Waals surface area contributed by atoms with Gasteiger partial charge in [-0.15, -0.1) is 0 Å². The fourth-order valence-electron chi connectivity index (χ4n) is 3.25. The van der Waals surface area contributed by atoms with E-state index < -0.39 is 5.82 Å². The number of anilines is 2. The summed E-state index contributed by atoms with van der Waals surface area (Å²) >= 11 is 6.08. The van der Waals surface area contributed by atoms with Gasteiger partial charge in [-0.05, 0) is 48.5 Å². The van der Waals surface area contributed by atoms with Crippen molar-refractivity contribution in [2.24, 2.45) is 0 Å². The number of hydrogen-bond donors (Lipinski definition) is 2. The van der Waals surface area contributed by atoms with Crippen molar-refractivity contribution in [3.63, 3.8) is 0 Å². The van der Waals surface area contributed by atoms with Crippen molar-refractivity contribution < 1.29 is 23.4 Å². The zero-order valence-electron chi connectivity index (χ0n) is 19.4. The fourth-order valence-corrected chi connectivity index (χ4v) is 3.47. The first kappa shape index (κ1) is 24.7. The van der Waals surface area contributed by atoms with Gasteiger partial charge in [-0.2, -0.15) is 9.97 Å². The third kappa shape index (κ3) is 6.00. The lowest BCUT2D eigenvalue weighted by Gasteiger charge is -2.14. The van der Waals surface area contributed by atoms with E-state index in [0.717, 1.165) is 0 Å². The molecule has 1 amide bonds. The number of carbonyl (C=O) groups excluding carboxylic acids is 1. The van der Waals surface area contributed by atoms with Crippen LogP contribution in [0.1, 0.15) is 15.9 Å². The van der Waals surface area contributed by atoms with Gasteiger partial charge in [0.1, 0.15) is 11.6 Å². The van der Waals surface area contributed by atoms with Gasteiger partial charge in [0.2, 0.25) is 11.8 Å². The summed E-state index contributed by atoms with van der Waals surface area (Å²) in [6, 6.07) is 19.7. The molecule has 0 saturated carbocycles. The molecular weight excluding hydrogens is 487 g/mol. The number of ether oxygens (including phenoxy) is 3. The molecule has 36 heavy (non-hydrogen) atoms. The fraction of sp³-hybridized carbons (Fsp3) is 0.115. The number of methoxy groups -OCH3 is 2. The molecule has 0 atom stereocenters. The second-order valence-corrected chi connectivity index (χ2v) is 7.83. The Hall–Kier alpha value is -4.37. The van der Waals surface area contributed by atoms with Crippen molar-refractivity contribution in [3.05, 3.63) is 94.8 Å². The van der Waals surface area contributed by atoms with Crippen LogP contribution < -0.4 is 24.8 Å². The predicted octanol–water partition coefficient (Wildman–Crippen LogP) is 5.94. The molecule has 8 nitrogen and oxygen atoms in total. The smallest absolute Gasteiger partial charge is 0.328 e. The van der Waals surface area contributed by atoms with Crippen LogP contribution in [0.3, 0.4) is 0 Å². The van der Waals surface area contributed by atoms with Crippen LogP contribution >= 0.6 is 11.6 Å². The van der Waals surface area contributed by atoms with Gasteiger partial charge in [-0.1, -0.05) is 29.8 Å². The maximum atomic E-state index is 14.7. The number of nitrogens with one attached hydrogen (secondary N) is 2. The standard InChI is InChI=1S/C26H22ClFN4O4/c1-34-23-14-24(35-2)32-26(31-23)36-22-9-5-8-21(28)19(22)15-29-16-10-12-17(13-11-16)30-25(33)18-6-3-4-7-20(18)27/h3-14,29H,15H2,1-2H3,(H,30,33). The number of amides is 1. The molecular formula is C26H22ClFN4O4. The summed E-state index contributed by atoms with van der Waals surface area (Å²) in [5, 5.41) is 6.32. The first-order valence-corrected chi connectivity index (χ1v) is 11.2. The molecule has 0 aliphatic heterocycles. The van der Waals surface area contributed by atoms with Crippen molar-refractivity contribution in [1.29, 1.82) is 0 Å². The van der Waals surface area contributed by atoms with E-state index in [2.05, 4.69) is 20.6 Å². The molecule has 4 aromatic rings. The van der Waals surface area contributed by atoms with Gasteiger partial charge < -0.3 is 24.8 Å². The minimum Gasteiger partial charge on any atom is -0.481 e. The van der Waals surface area contributed by atoms with Crippen molar-refractivity contribution in [3.8, 4) is 23.5 Å². The molecule has 0 radical (unpaired) electrons. The molecule has 1 heterocycles. The monoisotopic (exact) mass is 508 g/mol. The molecule has 4 rings (SSSR count). The predicted molar refractivity (Wildman–Crippen MR) is 135 cm³/mol. The molecule has 0 bridgehead atoms. The average Bonchev–Trinajstić information content (AvgIpc) is 2.89. The second kappa shape index (κ2) is 11.4. The zero-order valence-corrected chi connectivity index (χ0v) is 20.2. The summed E-state index contributed by atoms with van der Waals surface area (Å²) in [5.41, 5.74) is 1.95. The lowest BCUT2D eigenvalue weighted by molar-refractivity contribution is 0.102. The third-order valence-electron chi connectivity index (χ3n) is 5.08. The van der Waals surface area contributed by atoms with Crippen LogP contribution in [0.2, 0.25) is 5.02 Å². The van der Waals surface area contributed by atoms with Gasteiger partial charge in [-0.3, -0.25) is 4.79 Å². The maximum absolute atomic E-state index is 14.7. The highest BCUT2D eigenvalue weighted by atomic mass is 35.5. The first-order chi connectivity index (χ1) is 17.5.